The smallest absolute Gasteiger partial charge is 0.329 e. The van der Waals surface area contributed by atoms with Crippen LogP contribution < -0.4 is 0 Å². The summed E-state index contributed by atoms with van der Waals surface area (Å²) in [6.45, 7) is 22.8. The lowest BCUT2D eigenvalue weighted by molar-refractivity contribution is -0.302. The number of aliphatic hydroxyl groups is 1. The number of alkyl halides is 1. The van der Waals surface area contributed by atoms with Crippen LogP contribution in [0.15, 0.2) is 23.3 Å². The van der Waals surface area contributed by atoms with Gasteiger partial charge >= 0.3 is 5.97 Å². The largest absolute Gasteiger partial charge is 0.456 e. The van der Waals surface area contributed by atoms with Gasteiger partial charge in [-0.1, -0.05) is 67.5 Å². The van der Waals surface area contributed by atoms with Crippen molar-refractivity contribution in [2.24, 2.45) is 29.6 Å². The third-order valence-electron chi connectivity index (χ3n) is 15.0. The maximum absolute atomic E-state index is 14.8. The Labute approximate surface area is 385 Å². The van der Waals surface area contributed by atoms with Crippen molar-refractivity contribution in [1.82, 2.24) is 4.90 Å². The van der Waals surface area contributed by atoms with Gasteiger partial charge < -0.3 is 38.1 Å². The van der Waals surface area contributed by atoms with Gasteiger partial charge in [0.2, 0.25) is 5.79 Å². The summed E-state index contributed by atoms with van der Waals surface area (Å²) in [7, 11) is 2.28. The van der Waals surface area contributed by atoms with Gasteiger partial charge in [0.1, 0.15) is 18.2 Å². The summed E-state index contributed by atoms with van der Waals surface area (Å²) in [5, 5.41) is 11.9. The van der Waals surface area contributed by atoms with Gasteiger partial charge in [-0.15, -0.1) is 11.6 Å². The fourth-order valence-corrected chi connectivity index (χ4v) is 11.8. The van der Waals surface area contributed by atoms with Gasteiger partial charge in [0.05, 0.1) is 29.8 Å². The summed E-state index contributed by atoms with van der Waals surface area (Å²) in [6.07, 6.45) is 6.55. The second-order valence-electron chi connectivity index (χ2n) is 20.9. The number of hydrogen-bond acceptors (Lipinski definition) is 11. The number of ether oxygens (including phenoxy) is 5. The first kappa shape index (κ1) is 53.6. The highest BCUT2D eigenvalue weighted by atomic mass is 35.5. The van der Waals surface area contributed by atoms with E-state index < -0.39 is 80.2 Å². The van der Waals surface area contributed by atoms with E-state index in [-0.39, 0.29) is 65.9 Å². The van der Waals surface area contributed by atoms with Crippen LogP contribution in [-0.2, 0) is 47.3 Å². The van der Waals surface area contributed by atoms with Gasteiger partial charge in [-0.05, 0) is 118 Å². The minimum atomic E-state index is -2.51. The van der Waals surface area contributed by atoms with Gasteiger partial charge in [-0.25, -0.2) is 4.79 Å². The summed E-state index contributed by atoms with van der Waals surface area (Å²) in [6, 6.07) is -1.09. The first-order valence-corrected chi connectivity index (χ1v) is 27.1. The molecule has 2 bridgehead atoms. The van der Waals surface area contributed by atoms with Crippen molar-refractivity contribution >= 4 is 43.4 Å². The lowest BCUT2D eigenvalue weighted by Gasteiger charge is -2.47. The van der Waals surface area contributed by atoms with Crippen LogP contribution in [-0.4, -0.2) is 123 Å². The molecule has 63 heavy (non-hydrogen) atoms. The van der Waals surface area contributed by atoms with E-state index in [4.69, 9.17) is 39.7 Å². The van der Waals surface area contributed by atoms with E-state index in [9.17, 15) is 24.3 Å². The maximum atomic E-state index is 14.8. The molecule has 12 nitrogen and oxygen atoms in total. The van der Waals surface area contributed by atoms with Crippen molar-refractivity contribution in [2.45, 2.75) is 205 Å². The van der Waals surface area contributed by atoms with Crippen LogP contribution in [0, 0.1) is 29.6 Å². The molecule has 3 heterocycles. The van der Waals surface area contributed by atoms with E-state index >= 15 is 0 Å². The van der Waals surface area contributed by atoms with Crippen molar-refractivity contribution in [1.29, 1.82) is 0 Å². The first-order valence-electron chi connectivity index (χ1n) is 23.7. The number of rotatable bonds is 8. The summed E-state index contributed by atoms with van der Waals surface area (Å²) >= 11 is 6.64. The Morgan fingerprint density at radius 2 is 1.56 bits per heavy atom. The van der Waals surface area contributed by atoms with Crippen molar-refractivity contribution < 1.29 is 52.4 Å². The van der Waals surface area contributed by atoms with E-state index in [0.717, 1.165) is 30.4 Å². The molecule has 14 atom stereocenters. The van der Waals surface area contributed by atoms with Gasteiger partial charge in [-0.3, -0.25) is 14.4 Å². The summed E-state index contributed by atoms with van der Waals surface area (Å²) in [4.78, 5) is 59.6. The van der Waals surface area contributed by atoms with Crippen molar-refractivity contribution in [3.8, 4) is 0 Å². The van der Waals surface area contributed by atoms with E-state index in [1.165, 1.54) is 4.90 Å². The highest BCUT2D eigenvalue weighted by Crippen LogP contribution is 2.42. The molecule has 0 aromatic rings. The van der Waals surface area contributed by atoms with Crippen molar-refractivity contribution in [3.63, 3.8) is 0 Å². The van der Waals surface area contributed by atoms with Crippen molar-refractivity contribution in [3.05, 3.63) is 23.3 Å². The molecule has 4 rings (SSSR count). The molecule has 1 N–H and O–H groups in total. The van der Waals surface area contributed by atoms with Crippen LogP contribution in [0.3, 0.4) is 0 Å². The molecule has 14 heteroatoms. The minimum Gasteiger partial charge on any atom is -0.456 e. The lowest BCUT2D eigenvalue weighted by atomic mass is 9.81. The SMILES string of the molecule is CC/C1=C\C(C)C[C@H](C)C[C@H](OC)[C@H]2O[C@@](O)(C(=O)C(=O)N3CCCC[C@H]3C(=O)O[C@H](C(C)=CC3CC[C@H](Cl)[C@H](OC)C3)[C@@H](C)[C@@H](O[Si](C)(C)C(C)(C)C)CC1=O)[C@H](C)C[C@@H]2OC. The second-order valence-corrected chi connectivity index (χ2v) is 26.3. The van der Waals surface area contributed by atoms with Gasteiger partial charge in [-0.2, -0.15) is 0 Å². The van der Waals surface area contributed by atoms with Crippen LogP contribution in [0.1, 0.15) is 133 Å². The summed E-state index contributed by atoms with van der Waals surface area (Å²) in [5.41, 5.74) is 1.54. The summed E-state index contributed by atoms with van der Waals surface area (Å²) < 4.78 is 37.8. The Hall–Kier alpha value is -1.97. The fraction of sp³-hybridized carbons (Fsp3) is 0.837. The predicted molar refractivity (Wildman–Crippen MR) is 248 cm³/mol. The summed E-state index contributed by atoms with van der Waals surface area (Å²) in [5.74, 6) is -6.35. The molecule has 2 unspecified atom stereocenters. The molecule has 360 valence electrons. The number of piperidine rings is 1. The number of carbonyl (C=O) groups is 4. The third kappa shape index (κ3) is 12.9. The number of fused-ring (bicyclic) bond motifs is 3. The zero-order chi connectivity index (χ0) is 47.2. The molecule has 2 saturated heterocycles. The number of esters is 1. The number of carbonyl (C=O) groups excluding carboxylic acids is 4. The quantitative estimate of drug-likeness (QED) is 0.0820. The number of allylic oxidation sites excluding steroid dienone is 3. The fourth-order valence-electron chi connectivity index (χ4n) is 10.1. The molecule has 0 spiro atoms. The average molecular weight is 925 g/mol. The van der Waals surface area contributed by atoms with Crippen molar-refractivity contribution in [2.75, 3.05) is 27.9 Å². The number of halogens is 1. The molecule has 1 amide bonds. The first-order chi connectivity index (χ1) is 29.4. The molecule has 3 fully saturated rings. The minimum absolute atomic E-state index is 0.00202. The second kappa shape index (κ2) is 22.7. The van der Waals surface area contributed by atoms with Gasteiger partial charge in [0, 0.05) is 46.1 Å². The Bertz CT molecular complexity index is 1650. The Morgan fingerprint density at radius 3 is 2.16 bits per heavy atom. The Balaban J connectivity index is 1.88. The van der Waals surface area contributed by atoms with Gasteiger partial charge in [0.15, 0.2) is 14.1 Å². The lowest BCUT2D eigenvalue weighted by Crippen LogP contribution is -2.64. The molecule has 3 aliphatic heterocycles. The number of ketones is 2. The highest BCUT2D eigenvalue weighted by molar-refractivity contribution is 6.74. The highest BCUT2D eigenvalue weighted by Gasteiger charge is 2.57. The number of methoxy groups -OCH3 is 3. The maximum Gasteiger partial charge on any atom is 0.329 e. The zero-order valence-electron chi connectivity index (χ0n) is 41.0. The number of nitrogens with zero attached hydrogens (tertiary/aromatic N) is 1. The molecular weight excluding hydrogens is 842 g/mol. The molecule has 0 radical (unpaired) electrons. The average Bonchev–Trinajstić information content (AvgIpc) is 3.23. The number of hydrogen-bond donors (Lipinski definition) is 1. The van der Waals surface area contributed by atoms with Crippen LogP contribution in [0.2, 0.25) is 18.1 Å². The molecular formula is C49H82ClNO11Si. The van der Waals surface area contributed by atoms with E-state index in [1.54, 1.807) is 28.3 Å². The number of Topliss-reactive ketones (excluding diaryl/α,β-unsaturated/α-hetero) is 2. The van der Waals surface area contributed by atoms with E-state index in [0.29, 0.717) is 32.1 Å². The van der Waals surface area contributed by atoms with E-state index in [2.05, 4.69) is 59.9 Å². The third-order valence-corrected chi connectivity index (χ3v) is 20.0. The standard InChI is InChI=1S/C49H82ClNO11Si/c1-15-35-23-29(2)22-30(3)24-41(58-11)44-42(59-12)26-32(5)49(56,61-44)45(53)46(54)51-21-17-16-18-37(51)47(55)60-43(31(4)25-34-19-20-36(50)40(27-34)57-10)33(6)39(28-38(35)52)62-63(13,14)48(7,8)9/h23,25,29-30,32-34,36-37,39-44,56H,15-22,24,26-28H2,1-14H3/b31-25?,35-23+/t29?,30-,32+,33-,34?,36-,37-,39-,40+,41-,42-,43+,44+,49+/m0/s1. The van der Waals surface area contributed by atoms with Crippen LogP contribution in [0.4, 0.5) is 0 Å². The van der Waals surface area contributed by atoms with Crippen LogP contribution in [0.25, 0.3) is 0 Å². The number of cyclic esters (lactones) is 1. The number of amides is 1. The predicted octanol–water partition coefficient (Wildman–Crippen LogP) is 8.75. The molecule has 1 aliphatic carbocycles. The van der Waals surface area contributed by atoms with E-state index in [1.807, 2.05) is 20.8 Å². The van der Waals surface area contributed by atoms with Gasteiger partial charge in [0.25, 0.3) is 11.7 Å². The molecule has 4 aliphatic rings. The van der Waals surface area contributed by atoms with Crippen LogP contribution in [0.5, 0.6) is 0 Å². The Morgan fingerprint density at radius 1 is 0.921 bits per heavy atom. The molecule has 0 aromatic carbocycles. The molecule has 1 saturated carbocycles. The Kier molecular flexibility index (Phi) is 19.3. The normalized spacial score (nSPS) is 38.9. The monoisotopic (exact) mass is 924 g/mol. The van der Waals surface area contributed by atoms with Crippen LogP contribution >= 0.6 is 11.6 Å². The topological polar surface area (TPSA) is 147 Å². The zero-order valence-corrected chi connectivity index (χ0v) is 42.8. The molecule has 0 aromatic heterocycles.